The van der Waals surface area contributed by atoms with Gasteiger partial charge in [-0.3, -0.25) is 4.68 Å². The van der Waals surface area contributed by atoms with E-state index in [1.807, 2.05) is 36.0 Å². The van der Waals surface area contributed by atoms with E-state index in [4.69, 9.17) is 5.26 Å². The van der Waals surface area contributed by atoms with Crippen LogP contribution in [0.25, 0.3) is 0 Å². The monoisotopic (exact) mass is 254 g/mol. The second-order valence-corrected chi connectivity index (χ2v) is 4.52. The summed E-state index contributed by atoms with van der Waals surface area (Å²) < 4.78 is 1.92. The lowest BCUT2D eigenvalue weighted by molar-refractivity contribution is 0.623. The normalized spacial score (nSPS) is 10.4. The summed E-state index contributed by atoms with van der Waals surface area (Å²) in [6.07, 6.45) is 0.962. The Morgan fingerprint density at radius 3 is 2.58 bits per heavy atom. The Hall–Kier alpha value is -2.12. The maximum absolute atomic E-state index is 8.73. The van der Waals surface area contributed by atoms with E-state index in [0.29, 0.717) is 5.56 Å². The molecule has 0 amide bonds. The van der Waals surface area contributed by atoms with Crippen molar-refractivity contribution in [1.82, 2.24) is 15.1 Å². The largest absolute Gasteiger partial charge is 0.307 e. The molecule has 0 unspecified atom stereocenters. The molecule has 0 atom stereocenters. The molecular weight excluding hydrogens is 236 g/mol. The van der Waals surface area contributed by atoms with Crippen LogP contribution in [0.3, 0.4) is 0 Å². The predicted molar refractivity (Wildman–Crippen MR) is 74.3 cm³/mol. The smallest absolute Gasteiger partial charge is 0.0991 e. The summed E-state index contributed by atoms with van der Waals surface area (Å²) in [5.41, 5.74) is 4.18. The standard InChI is InChI=1S/C15H18N4/c1-3-14-8-15(19(2)18-14)11-17-10-13-6-4-12(9-16)5-7-13/h4-8,17H,3,10-11H2,1-2H3. The van der Waals surface area contributed by atoms with Gasteiger partial charge in [0, 0.05) is 20.1 Å². The Morgan fingerprint density at radius 1 is 1.26 bits per heavy atom. The van der Waals surface area contributed by atoms with E-state index in [0.717, 1.165) is 25.2 Å². The van der Waals surface area contributed by atoms with Crippen LogP contribution in [0.2, 0.25) is 0 Å². The molecule has 0 saturated heterocycles. The Kier molecular flexibility index (Phi) is 4.32. The molecule has 2 aromatic rings. The van der Waals surface area contributed by atoms with E-state index >= 15 is 0 Å². The zero-order chi connectivity index (χ0) is 13.7. The molecule has 1 N–H and O–H groups in total. The number of nitriles is 1. The molecular formula is C15H18N4. The van der Waals surface area contributed by atoms with E-state index in [2.05, 4.69) is 29.5 Å². The molecule has 2 rings (SSSR count). The average Bonchev–Trinajstić information content (AvgIpc) is 2.80. The molecule has 4 heteroatoms. The van der Waals surface area contributed by atoms with Gasteiger partial charge in [0.2, 0.25) is 0 Å². The van der Waals surface area contributed by atoms with Crippen LogP contribution in [-0.2, 0) is 26.6 Å². The molecule has 98 valence electrons. The van der Waals surface area contributed by atoms with Crippen LogP contribution in [0, 0.1) is 11.3 Å². The number of hydrogen-bond donors (Lipinski definition) is 1. The molecule has 19 heavy (non-hydrogen) atoms. The highest BCUT2D eigenvalue weighted by molar-refractivity contribution is 5.31. The summed E-state index contributed by atoms with van der Waals surface area (Å²) in [5, 5.41) is 16.5. The van der Waals surface area contributed by atoms with Crippen molar-refractivity contribution >= 4 is 0 Å². The van der Waals surface area contributed by atoms with Gasteiger partial charge in [-0.05, 0) is 30.2 Å². The molecule has 0 bridgehead atoms. The second-order valence-electron chi connectivity index (χ2n) is 4.52. The van der Waals surface area contributed by atoms with Gasteiger partial charge in [-0.25, -0.2) is 0 Å². The second kappa shape index (κ2) is 6.17. The van der Waals surface area contributed by atoms with Gasteiger partial charge >= 0.3 is 0 Å². The van der Waals surface area contributed by atoms with E-state index in [-0.39, 0.29) is 0 Å². The number of aromatic nitrogens is 2. The minimum atomic E-state index is 0.697. The van der Waals surface area contributed by atoms with E-state index < -0.39 is 0 Å². The molecule has 0 saturated carbocycles. The first kappa shape index (κ1) is 13.3. The molecule has 4 nitrogen and oxygen atoms in total. The number of hydrogen-bond acceptors (Lipinski definition) is 3. The molecule has 1 aromatic heterocycles. The fourth-order valence-corrected chi connectivity index (χ4v) is 1.94. The summed E-state index contributed by atoms with van der Waals surface area (Å²) in [5.74, 6) is 0. The minimum absolute atomic E-state index is 0.697. The Morgan fingerprint density at radius 2 is 2.00 bits per heavy atom. The van der Waals surface area contributed by atoms with Crippen molar-refractivity contribution in [2.75, 3.05) is 0 Å². The first-order valence-corrected chi connectivity index (χ1v) is 6.44. The van der Waals surface area contributed by atoms with E-state index in [1.165, 1.54) is 11.3 Å². The van der Waals surface area contributed by atoms with Crippen LogP contribution in [0.5, 0.6) is 0 Å². The highest BCUT2D eigenvalue weighted by Crippen LogP contribution is 2.05. The van der Waals surface area contributed by atoms with E-state index in [1.54, 1.807) is 0 Å². The third-order valence-electron chi connectivity index (χ3n) is 3.11. The fourth-order valence-electron chi connectivity index (χ4n) is 1.94. The first-order valence-electron chi connectivity index (χ1n) is 6.44. The number of aryl methyl sites for hydroxylation is 2. The maximum atomic E-state index is 8.73. The van der Waals surface area contributed by atoms with Crippen LogP contribution < -0.4 is 5.32 Å². The SMILES string of the molecule is CCc1cc(CNCc2ccc(C#N)cc2)n(C)n1. The number of nitrogens with one attached hydrogen (secondary N) is 1. The molecule has 0 spiro atoms. The van der Waals surface area contributed by atoms with Crippen molar-refractivity contribution < 1.29 is 0 Å². The number of benzene rings is 1. The average molecular weight is 254 g/mol. The number of rotatable bonds is 5. The molecule has 0 fully saturated rings. The van der Waals surface area contributed by atoms with Gasteiger partial charge in [-0.1, -0.05) is 19.1 Å². The Bertz CT molecular complexity index is 575. The van der Waals surface area contributed by atoms with Crippen molar-refractivity contribution in [2.45, 2.75) is 26.4 Å². The zero-order valence-corrected chi connectivity index (χ0v) is 11.3. The Balaban J connectivity index is 1.88. The van der Waals surface area contributed by atoms with Gasteiger partial charge in [-0.2, -0.15) is 10.4 Å². The highest BCUT2D eigenvalue weighted by atomic mass is 15.3. The lowest BCUT2D eigenvalue weighted by Crippen LogP contribution is -2.15. The van der Waals surface area contributed by atoms with Gasteiger partial charge in [-0.15, -0.1) is 0 Å². The van der Waals surface area contributed by atoms with Crippen LogP contribution in [0.1, 0.15) is 29.4 Å². The Labute approximate surface area is 113 Å². The van der Waals surface area contributed by atoms with Gasteiger partial charge in [0.15, 0.2) is 0 Å². The first-order chi connectivity index (χ1) is 9.22. The van der Waals surface area contributed by atoms with Gasteiger partial charge in [0.1, 0.15) is 0 Å². The molecule has 0 aliphatic rings. The predicted octanol–water partition coefficient (Wildman–Crippen LogP) is 2.14. The fraction of sp³-hybridized carbons (Fsp3) is 0.333. The van der Waals surface area contributed by atoms with Crippen molar-refractivity contribution in [2.24, 2.45) is 7.05 Å². The molecule has 0 radical (unpaired) electrons. The summed E-state index contributed by atoms with van der Waals surface area (Å²) in [6, 6.07) is 11.9. The summed E-state index contributed by atoms with van der Waals surface area (Å²) in [4.78, 5) is 0. The maximum Gasteiger partial charge on any atom is 0.0991 e. The lowest BCUT2D eigenvalue weighted by Gasteiger charge is -2.05. The zero-order valence-electron chi connectivity index (χ0n) is 11.3. The van der Waals surface area contributed by atoms with E-state index in [9.17, 15) is 0 Å². The molecule has 1 aromatic carbocycles. The van der Waals surface area contributed by atoms with Gasteiger partial charge in [0.05, 0.1) is 23.0 Å². The van der Waals surface area contributed by atoms with Gasteiger partial charge < -0.3 is 5.32 Å². The quantitative estimate of drug-likeness (QED) is 0.889. The summed E-state index contributed by atoms with van der Waals surface area (Å²) in [6.45, 7) is 3.69. The van der Waals surface area contributed by atoms with Crippen molar-refractivity contribution in [3.8, 4) is 6.07 Å². The highest BCUT2D eigenvalue weighted by Gasteiger charge is 2.03. The lowest BCUT2D eigenvalue weighted by atomic mass is 10.1. The molecule has 1 heterocycles. The third kappa shape index (κ3) is 3.43. The third-order valence-corrected chi connectivity index (χ3v) is 3.11. The molecule has 0 aliphatic carbocycles. The van der Waals surface area contributed by atoms with Crippen LogP contribution in [0.15, 0.2) is 30.3 Å². The summed E-state index contributed by atoms with van der Waals surface area (Å²) >= 11 is 0. The van der Waals surface area contributed by atoms with Crippen LogP contribution in [-0.4, -0.2) is 9.78 Å². The number of nitrogens with zero attached hydrogens (tertiary/aromatic N) is 3. The van der Waals surface area contributed by atoms with Gasteiger partial charge in [0.25, 0.3) is 0 Å². The van der Waals surface area contributed by atoms with Crippen LogP contribution in [0.4, 0.5) is 0 Å². The van der Waals surface area contributed by atoms with Crippen molar-refractivity contribution in [3.05, 3.63) is 52.8 Å². The topological polar surface area (TPSA) is 53.6 Å². The molecule has 0 aliphatic heterocycles. The minimum Gasteiger partial charge on any atom is -0.307 e. The van der Waals surface area contributed by atoms with Crippen molar-refractivity contribution in [3.63, 3.8) is 0 Å². The van der Waals surface area contributed by atoms with Crippen molar-refractivity contribution in [1.29, 1.82) is 5.26 Å². The summed E-state index contributed by atoms with van der Waals surface area (Å²) in [7, 11) is 1.97. The van der Waals surface area contributed by atoms with Crippen LogP contribution >= 0.6 is 0 Å².